The van der Waals surface area contributed by atoms with E-state index >= 15 is 0 Å². The van der Waals surface area contributed by atoms with E-state index in [-0.39, 0.29) is 48.1 Å². The Labute approximate surface area is 249 Å². The molecular formula is C32H68O4Ti. The molecule has 4 nitrogen and oxygen atoms in total. The van der Waals surface area contributed by atoms with Gasteiger partial charge >= 0.3 is 21.7 Å². The second-order valence-electron chi connectivity index (χ2n) is 11.1. The first-order chi connectivity index (χ1) is 17.2. The summed E-state index contributed by atoms with van der Waals surface area (Å²) in [7, 11) is 0. The van der Waals surface area contributed by atoms with E-state index in [1.165, 1.54) is 77.0 Å². The van der Waals surface area contributed by atoms with Crippen molar-refractivity contribution in [3.8, 4) is 0 Å². The maximum absolute atomic E-state index is 10.2. The van der Waals surface area contributed by atoms with E-state index in [0.29, 0.717) is 23.7 Å². The zero-order valence-electron chi connectivity index (χ0n) is 26.6. The third-order valence-corrected chi connectivity index (χ3v) is 6.34. The molecule has 0 heterocycles. The fraction of sp³-hybridized carbons (Fsp3) is 1.00. The Bertz CT molecular complexity index is 281. The van der Waals surface area contributed by atoms with Crippen LogP contribution in [0.5, 0.6) is 0 Å². The molecule has 0 amide bonds. The van der Waals surface area contributed by atoms with Gasteiger partial charge in [-0.05, 0) is 0 Å². The average Bonchev–Trinajstić information content (AvgIpc) is 2.89. The molecule has 0 aromatic heterocycles. The number of rotatable bonds is 20. The zero-order chi connectivity index (χ0) is 28.5. The van der Waals surface area contributed by atoms with E-state index in [4.69, 9.17) is 0 Å². The molecule has 0 saturated heterocycles. The van der Waals surface area contributed by atoms with E-state index in [1.807, 2.05) is 27.7 Å². The summed E-state index contributed by atoms with van der Waals surface area (Å²) < 4.78 is 0. The minimum Gasteiger partial charge on any atom is -0.854 e. The number of unbranched alkanes of at least 4 members (excludes halogenated alkanes) is 8. The minimum atomic E-state index is 0. The summed E-state index contributed by atoms with van der Waals surface area (Å²) in [5, 5.41) is 40.9. The Balaban J connectivity index is -0.000000122. The van der Waals surface area contributed by atoms with Gasteiger partial charge in [-0.25, -0.2) is 0 Å². The molecule has 0 aromatic carbocycles. The van der Waals surface area contributed by atoms with Crippen LogP contribution in [0.4, 0.5) is 0 Å². The van der Waals surface area contributed by atoms with Crippen LogP contribution in [0.15, 0.2) is 0 Å². The molecule has 0 aromatic rings. The normalized spacial score (nSPS) is 13.3. The molecule has 0 aliphatic rings. The molecular weight excluding hydrogens is 496 g/mol. The average molecular weight is 565 g/mol. The van der Waals surface area contributed by atoms with Crippen molar-refractivity contribution < 1.29 is 42.1 Å². The fourth-order valence-corrected chi connectivity index (χ4v) is 3.30. The quantitative estimate of drug-likeness (QED) is 0.129. The molecule has 0 aliphatic heterocycles. The first-order valence-corrected chi connectivity index (χ1v) is 15.6. The van der Waals surface area contributed by atoms with Gasteiger partial charge in [0, 0.05) is 0 Å². The predicted octanol–water partition coefficient (Wildman–Crippen LogP) is 6.25. The Hall–Kier alpha value is 0.554. The molecule has 0 aliphatic carbocycles. The summed E-state index contributed by atoms with van der Waals surface area (Å²) in [6.45, 7) is 17.3. The van der Waals surface area contributed by atoms with Gasteiger partial charge in [-0.2, -0.15) is 0 Å². The summed E-state index contributed by atoms with van der Waals surface area (Å²) in [4.78, 5) is 0. The van der Waals surface area contributed by atoms with Crippen LogP contribution >= 0.6 is 0 Å². The van der Waals surface area contributed by atoms with Gasteiger partial charge in [0.05, 0.1) is 0 Å². The van der Waals surface area contributed by atoms with Gasteiger partial charge in [0.2, 0.25) is 0 Å². The second-order valence-corrected chi connectivity index (χ2v) is 11.1. The maximum Gasteiger partial charge on any atom is 4.00 e. The van der Waals surface area contributed by atoms with Gasteiger partial charge in [-0.1, -0.05) is 182 Å². The summed E-state index contributed by atoms with van der Waals surface area (Å²) in [5.74, 6) is 1.60. The zero-order valence-corrected chi connectivity index (χ0v) is 28.1. The molecule has 0 rings (SSSR count). The molecule has 5 heteroatoms. The SMILES string of the molecule is CCCCCC(C)C[O-].CCCCCC(C)C[O-].CCCCCC(C)C[O-].CCCCCC(C)C[O-].[Ti+4]. The first kappa shape index (κ1) is 47.3. The fourth-order valence-electron chi connectivity index (χ4n) is 3.30. The van der Waals surface area contributed by atoms with Crippen molar-refractivity contribution in [3.63, 3.8) is 0 Å². The second kappa shape index (κ2) is 43.6. The molecule has 0 N–H and O–H groups in total. The largest absolute Gasteiger partial charge is 4.00 e. The molecule has 0 radical (unpaired) electrons. The van der Waals surface area contributed by atoms with Crippen molar-refractivity contribution in [3.05, 3.63) is 0 Å². The maximum atomic E-state index is 10.2. The summed E-state index contributed by atoms with van der Waals surface area (Å²) >= 11 is 0. The van der Waals surface area contributed by atoms with Crippen molar-refractivity contribution >= 4 is 0 Å². The van der Waals surface area contributed by atoms with E-state index in [9.17, 15) is 20.4 Å². The molecule has 4 atom stereocenters. The van der Waals surface area contributed by atoms with Crippen LogP contribution in [-0.2, 0) is 21.7 Å². The summed E-state index contributed by atoms with van der Waals surface area (Å²) in [6, 6.07) is 0. The van der Waals surface area contributed by atoms with Crippen LogP contribution in [0.3, 0.4) is 0 Å². The van der Waals surface area contributed by atoms with Crippen LogP contribution < -0.4 is 20.4 Å². The topological polar surface area (TPSA) is 92.2 Å². The monoisotopic (exact) mass is 564 g/mol. The number of hydrogen-bond donors (Lipinski definition) is 0. The van der Waals surface area contributed by atoms with Gasteiger partial charge in [-0.3, -0.25) is 0 Å². The molecule has 0 saturated carbocycles. The first-order valence-electron chi connectivity index (χ1n) is 15.6. The Kier molecular flexibility index (Phi) is 55.8. The van der Waals surface area contributed by atoms with E-state index in [1.54, 1.807) is 0 Å². The van der Waals surface area contributed by atoms with Gasteiger partial charge < -0.3 is 20.4 Å². The molecule has 4 unspecified atom stereocenters. The molecule has 37 heavy (non-hydrogen) atoms. The van der Waals surface area contributed by atoms with E-state index in [2.05, 4.69) is 27.7 Å². The van der Waals surface area contributed by atoms with Crippen molar-refractivity contribution in [1.82, 2.24) is 0 Å². The van der Waals surface area contributed by atoms with Gasteiger partial charge in [-0.15, -0.1) is 26.4 Å². The smallest absolute Gasteiger partial charge is 0.854 e. The van der Waals surface area contributed by atoms with E-state index < -0.39 is 0 Å². The van der Waals surface area contributed by atoms with Crippen LogP contribution in [0.2, 0.25) is 0 Å². The van der Waals surface area contributed by atoms with Crippen LogP contribution in [-0.4, -0.2) is 26.4 Å². The van der Waals surface area contributed by atoms with E-state index in [0.717, 1.165) is 25.7 Å². The van der Waals surface area contributed by atoms with Crippen LogP contribution in [0.1, 0.15) is 158 Å². The minimum absolute atomic E-state index is 0. The Morgan fingerprint density at radius 1 is 0.351 bits per heavy atom. The van der Waals surface area contributed by atoms with Crippen molar-refractivity contribution in [2.24, 2.45) is 23.7 Å². The summed E-state index contributed by atoms with van der Waals surface area (Å²) in [5.41, 5.74) is 0. The van der Waals surface area contributed by atoms with Crippen LogP contribution in [0.25, 0.3) is 0 Å². The Morgan fingerprint density at radius 2 is 0.514 bits per heavy atom. The molecule has 0 bridgehead atoms. The van der Waals surface area contributed by atoms with Gasteiger partial charge in [0.1, 0.15) is 0 Å². The van der Waals surface area contributed by atoms with Crippen molar-refractivity contribution in [1.29, 1.82) is 0 Å². The molecule has 0 fully saturated rings. The standard InChI is InChI=1S/4C8H17O.Ti/c4*1-3-4-5-6-8(2)7-9;/h4*8H,3-7H2,1-2H3;/q4*-1;+4. The number of hydrogen-bond acceptors (Lipinski definition) is 4. The van der Waals surface area contributed by atoms with Crippen molar-refractivity contribution in [2.75, 3.05) is 26.4 Å². The van der Waals surface area contributed by atoms with Crippen LogP contribution in [0, 0.1) is 23.7 Å². The third kappa shape index (κ3) is 53.5. The molecule has 0 spiro atoms. The van der Waals surface area contributed by atoms with Gasteiger partial charge in [0.25, 0.3) is 0 Å². The Morgan fingerprint density at radius 3 is 0.622 bits per heavy atom. The van der Waals surface area contributed by atoms with Crippen molar-refractivity contribution in [2.45, 2.75) is 158 Å². The molecule has 224 valence electrons. The van der Waals surface area contributed by atoms with Gasteiger partial charge in [0.15, 0.2) is 0 Å². The predicted molar refractivity (Wildman–Crippen MR) is 153 cm³/mol. The third-order valence-electron chi connectivity index (χ3n) is 6.34. The summed E-state index contributed by atoms with van der Waals surface area (Å²) in [6.07, 6.45) is 19.6.